The van der Waals surface area contributed by atoms with Crippen molar-refractivity contribution in [1.82, 2.24) is 4.98 Å². The van der Waals surface area contributed by atoms with E-state index in [1.807, 2.05) is 0 Å². The van der Waals surface area contributed by atoms with Gasteiger partial charge in [-0.2, -0.15) is 0 Å². The Morgan fingerprint density at radius 3 is 3.00 bits per heavy atom. The highest BCUT2D eigenvalue weighted by Gasteiger charge is 2.22. The van der Waals surface area contributed by atoms with Gasteiger partial charge in [0.05, 0.1) is 10.6 Å². The lowest BCUT2D eigenvalue weighted by Gasteiger charge is -2.33. The number of hydrogen-bond donors (Lipinski definition) is 0. The Bertz CT molecular complexity index is 389. The lowest BCUT2D eigenvalue weighted by atomic mass is 10.0. The van der Waals surface area contributed by atoms with E-state index in [0.29, 0.717) is 6.04 Å². The molecule has 94 valence electrons. The topological polar surface area (TPSA) is 33.2 Å². The number of anilines is 1. The molecule has 0 amide bonds. The monoisotopic (exact) mass is 252 g/mol. The molecule has 1 aromatic rings. The van der Waals surface area contributed by atoms with Crippen LogP contribution in [0.2, 0.25) is 0 Å². The van der Waals surface area contributed by atoms with Crippen LogP contribution in [0.4, 0.5) is 5.13 Å². The third-order valence-corrected chi connectivity index (χ3v) is 4.42. The Hall–Kier alpha value is -0.900. The zero-order valence-corrected chi connectivity index (χ0v) is 11.4. The number of nitrogens with zero attached hydrogens (tertiary/aromatic N) is 2. The van der Waals surface area contributed by atoms with Crippen LogP contribution in [0.3, 0.4) is 0 Å². The Kier molecular flexibility index (Phi) is 4.15. The SMILES string of the molecule is CCCc1nc(N2CCCCC2C)sc1C=O. The molecule has 0 saturated carbocycles. The van der Waals surface area contributed by atoms with E-state index in [2.05, 4.69) is 23.7 Å². The van der Waals surface area contributed by atoms with Crippen molar-refractivity contribution in [3.63, 3.8) is 0 Å². The highest BCUT2D eigenvalue weighted by molar-refractivity contribution is 7.17. The minimum Gasteiger partial charge on any atom is -0.345 e. The number of aryl methyl sites for hydroxylation is 1. The number of thiazole rings is 1. The lowest BCUT2D eigenvalue weighted by Crippen LogP contribution is -2.37. The molecule has 0 N–H and O–H groups in total. The fourth-order valence-electron chi connectivity index (χ4n) is 2.36. The molecule has 0 bridgehead atoms. The van der Waals surface area contributed by atoms with Crippen molar-refractivity contribution in [2.45, 2.75) is 52.0 Å². The molecule has 2 heterocycles. The smallest absolute Gasteiger partial charge is 0.186 e. The minimum absolute atomic E-state index is 0.559. The molecule has 1 aliphatic rings. The fraction of sp³-hybridized carbons (Fsp3) is 0.692. The molecule has 3 nitrogen and oxygen atoms in total. The van der Waals surface area contributed by atoms with Gasteiger partial charge in [-0.3, -0.25) is 4.79 Å². The highest BCUT2D eigenvalue weighted by Crippen LogP contribution is 2.30. The number of rotatable bonds is 4. The van der Waals surface area contributed by atoms with Gasteiger partial charge >= 0.3 is 0 Å². The molecule has 1 saturated heterocycles. The number of carbonyl (C=O) groups excluding carboxylic acids is 1. The molecule has 4 heteroatoms. The second-order valence-electron chi connectivity index (χ2n) is 4.71. The van der Waals surface area contributed by atoms with Gasteiger partial charge in [-0.25, -0.2) is 4.98 Å². The number of aromatic nitrogens is 1. The van der Waals surface area contributed by atoms with Crippen molar-refractivity contribution in [2.24, 2.45) is 0 Å². The van der Waals surface area contributed by atoms with Gasteiger partial charge in [0.1, 0.15) is 0 Å². The summed E-state index contributed by atoms with van der Waals surface area (Å²) in [5, 5.41) is 1.04. The van der Waals surface area contributed by atoms with Gasteiger partial charge in [0.25, 0.3) is 0 Å². The van der Waals surface area contributed by atoms with Gasteiger partial charge in [-0.1, -0.05) is 24.7 Å². The van der Waals surface area contributed by atoms with Crippen LogP contribution in [0.1, 0.15) is 54.9 Å². The first-order valence-corrected chi connectivity index (χ1v) is 7.29. The van der Waals surface area contributed by atoms with Crippen molar-refractivity contribution in [2.75, 3.05) is 11.4 Å². The maximum Gasteiger partial charge on any atom is 0.186 e. The molecule has 1 aliphatic heterocycles. The third kappa shape index (κ3) is 2.68. The van der Waals surface area contributed by atoms with E-state index < -0.39 is 0 Å². The van der Waals surface area contributed by atoms with Crippen LogP contribution in [-0.4, -0.2) is 23.9 Å². The molecule has 0 aliphatic carbocycles. The molecule has 1 atom stereocenters. The Balaban J connectivity index is 2.22. The van der Waals surface area contributed by atoms with Crippen molar-refractivity contribution < 1.29 is 4.79 Å². The van der Waals surface area contributed by atoms with Crippen LogP contribution < -0.4 is 4.90 Å². The van der Waals surface area contributed by atoms with Gasteiger partial charge in [0, 0.05) is 12.6 Å². The van der Waals surface area contributed by atoms with E-state index in [1.165, 1.54) is 19.3 Å². The van der Waals surface area contributed by atoms with Crippen molar-refractivity contribution in [3.05, 3.63) is 10.6 Å². The van der Waals surface area contributed by atoms with Gasteiger partial charge in [0.2, 0.25) is 0 Å². The summed E-state index contributed by atoms with van der Waals surface area (Å²) in [6.45, 7) is 5.45. The van der Waals surface area contributed by atoms with Crippen LogP contribution in [0.15, 0.2) is 0 Å². The van der Waals surface area contributed by atoms with Crippen LogP contribution in [-0.2, 0) is 6.42 Å². The number of hydrogen-bond acceptors (Lipinski definition) is 4. The predicted molar refractivity (Wildman–Crippen MR) is 72.2 cm³/mol. The Morgan fingerprint density at radius 1 is 1.53 bits per heavy atom. The zero-order valence-electron chi connectivity index (χ0n) is 10.6. The number of piperidine rings is 1. The van der Waals surface area contributed by atoms with Gasteiger partial charge in [0.15, 0.2) is 11.4 Å². The van der Waals surface area contributed by atoms with Crippen molar-refractivity contribution in [3.8, 4) is 0 Å². The number of aldehydes is 1. The normalized spacial score (nSPS) is 20.6. The second kappa shape index (κ2) is 5.63. The molecule has 0 aromatic carbocycles. The van der Waals surface area contributed by atoms with E-state index in [0.717, 1.165) is 41.4 Å². The molecule has 17 heavy (non-hydrogen) atoms. The standard InChI is InChI=1S/C13H20N2OS/c1-3-6-11-12(9-16)17-13(14-11)15-8-5-4-7-10(15)2/h9-10H,3-8H2,1-2H3. The summed E-state index contributed by atoms with van der Waals surface area (Å²) in [5.41, 5.74) is 0.986. The van der Waals surface area contributed by atoms with Crippen LogP contribution in [0.25, 0.3) is 0 Å². The summed E-state index contributed by atoms with van der Waals surface area (Å²) in [6.07, 6.45) is 6.70. The van der Waals surface area contributed by atoms with E-state index in [4.69, 9.17) is 0 Å². The Labute approximate surface area is 107 Å². The largest absolute Gasteiger partial charge is 0.345 e. The molecule has 1 aromatic heterocycles. The molecule has 1 unspecified atom stereocenters. The first-order chi connectivity index (χ1) is 8.26. The maximum atomic E-state index is 11.0. The first kappa shape index (κ1) is 12.6. The van der Waals surface area contributed by atoms with E-state index in [-0.39, 0.29) is 0 Å². The Morgan fingerprint density at radius 2 is 2.35 bits per heavy atom. The molecule has 2 rings (SSSR count). The minimum atomic E-state index is 0.559. The van der Waals surface area contributed by atoms with Gasteiger partial charge in [-0.05, 0) is 32.6 Å². The molecule has 0 radical (unpaired) electrons. The molecular weight excluding hydrogens is 232 g/mol. The van der Waals surface area contributed by atoms with Crippen molar-refractivity contribution in [1.29, 1.82) is 0 Å². The van der Waals surface area contributed by atoms with E-state index in [1.54, 1.807) is 11.3 Å². The molecule has 0 spiro atoms. The summed E-state index contributed by atoms with van der Waals surface area (Å²) < 4.78 is 0. The summed E-state index contributed by atoms with van der Waals surface area (Å²) in [4.78, 5) is 18.9. The van der Waals surface area contributed by atoms with Crippen molar-refractivity contribution >= 4 is 22.8 Å². The predicted octanol–water partition coefficient (Wildman–Crippen LogP) is 3.29. The first-order valence-electron chi connectivity index (χ1n) is 6.47. The van der Waals surface area contributed by atoms with Crippen LogP contribution >= 0.6 is 11.3 Å². The zero-order chi connectivity index (χ0) is 12.3. The highest BCUT2D eigenvalue weighted by atomic mass is 32.1. The quantitative estimate of drug-likeness (QED) is 0.771. The third-order valence-electron chi connectivity index (χ3n) is 3.36. The van der Waals surface area contributed by atoms with E-state index in [9.17, 15) is 4.79 Å². The van der Waals surface area contributed by atoms with Crippen LogP contribution in [0, 0.1) is 0 Å². The summed E-state index contributed by atoms with van der Waals surface area (Å²) in [7, 11) is 0. The van der Waals surface area contributed by atoms with Crippen LogP contribution in [0.5, 0.6) is 0 Å². The maximum absolute atomic E-state index is 11.0. The van der Waals surface area contributed by atoms with Gasteiger partial charge in [-0.15, -0.1) is 0 Å². The summed E-state index contributed by atoms with van der Waals surface area (Å²) in [5.74, 6) is 0. The molecular formula is C13H20N2OS. The summed E-state index contributed by atoms with van der Waals surface area (Å²) >= 11 is 1.56. The lowest BCUT2D eigenvalue weighted by molar-refractivity contribution is 0.112. The fourth-order valence-corrected chi connectivity index (χ4v) is 3.42. The number of carbonyl (C=O) groups is 1. The average Bonchev–Trinajstić information content (AvgIpc) is 2.73. The second-order valence-corrected chi connectivity index (χ2v) is 5.72. The summed E-state index contributed by atoms with van der Waals surface area (Å²) in [6, 6.07) is 0.559. The molecule has 1 fully saturated rings. The average molecular weight is 252 g/mol. The van der Waals surface area contributed by atoms with Gasteiger partial charge < -0.3 is 4.90 Å². The van der Waals surface area contributed by atoms with E-state index >= 15 is 0 Å².